The summed E-state index contributed by atoms with van der Waals surface area (Å²) in [6.07, 6.45) is 3.73. The second-order valence-electron chi connectivity index (χ2n) is 6.71. The molecule has 3 aromatic heterocycles. The lowest BCUT2D eigenvalue weighted by atomic mass is 10.1. The van der Waals surface area contributed by atoms with Crippen LogP contribution in [0.5, 0.6) is 0 Å². The van der Waals surface area contributed by atoms with Gasteiger partial charge in [0.05, 0.1) is 35.8 Å². The maximum atomic E-state index is 12.8. The van der Waals surface area contributed by atoms with E-state index in [-0.39, 0.29) is 12.0 Å². The molecule has 0 saturated carbocycles. The summed E-state index contributed by atoms with van der Waals surface area (Å²) >= 11 is 0. The molecule has 7 nitrogen and oxygen atoms in total. The SMILES string of the molecule is CCc1onc(C)c1-c1cccc([C@H]2CN(C(=O)c3ccncc3)CCO2)n1. The Morgan fingerprint density at radius 3 is 2.86 bits per heavy atom. The minimum absolute atomic E-state index is 0.0185. The minimum Gasteiger partial charge on any atom is -0.368 e. The summed E-state index contributed by atoms with van der Waals surface area (Å²) < 4.78 is 11.3. The molecule has 1 aliphatic heterocycles. The van der Waals surface area contributed by atoms with Crippen LogP contribution < -0.4 is 0 Å². The third-order valence-corrected chi connectivity index (χ3v) is 4.89. The van der Waals surface area contributed by atoms with E-state index in [9.17, 15) is 4.79 Å². The second kappa shape index (κ2) is 7.90. The Morgan fingerprint density at radius 2 is 2.07 bits per heavy atom. The van der Waals surface area contributed by atoms with Gasteiger partial charge in [-0.25, -0.2) is 4.98 Å². The Labute approximate surface area is 163 Å². The molecule has 4 heterocycles. The average molecular weight is 378 g/mol. The summed E-state index contributed by atoms with van der Waals surface area (Å²) in [6.45, 7) is 5.43. The summed E-state index contributed by atoms with van der Waals surface area (Å²) in [5.74, 6) is 0.802. The van der Waals surface area contributed by atoms with E-state index in [1.165, 1.54) is 0 Å². The molecule has 0 aliphatic carbocycles. The molecule has 144 valence electrons. The maximum absolute atomic E-state index is 12.8. The van der Waals surface area contributed by atoms with E-state index in [1.54, 1.807) is 29.4 Å². The van der Waals surface area contributed by atoms with Crippen molar-refractivity contribution in [3.63, 3.8) is 0 Å². The summed E-state index contributed by atoms with van der Waals surface area (Å²) in [4.78, 5) is 23.3. The van der Waals surface area contributed by atoms with Gasteiger partial charge >= 0.3 is 0 Å². The summed E-state index contributed by atoms with van der Waals surface area (Å²) in [5.41, 5.74) is 4.00. The number of pyridine rings is 2. The summed E-state index contributed by atoms with van der Waals surface area (Å²) in [5, 5.41) is 4.07. The van der Waals surface area contributed by atoms with E-state index in [4.69, 9.17) is 14.2 Å². The van der Waals surface area contributed by atoms with E-state index >= 15 is 0 Å². The number of ether oxygens (including phenoxy) is 1. The van der Waals surface area contributed by atoms with Gasteiger partial charge in [-0.3, -0.25) is 9.78 Å². The monoisotopic (exact) mass is 378 g/mol. The number of hydrogen-bond donors (Lipinski definition) is 0. The predicted molar refractivity (Wildman–Crippen MR) is 103 cm³/mol. The molecule has 1 fully saturated rings. The van der Waals surface area contributed by atoms with E-state index < -0.39 is 0 Å². The van der Waals surface area contributed by atoms with Gasteiger partial charge in [0.25, 0.3) is 5.91 Å². The Bertz CT molecular complexity index is 971. The number of aromatic nitrogens is 3. The molecule has 3 aromatic rings. The average Bonchev–Trinajstić information content (AvgIpc) is 3.14. The third-order valence-electron chi connectivity index (χ3n) is 4.89. The first-order valence-corrected chi connectivity index (χ1v) is 9.40. The van der Waals surface area contributed by atoms with Crippen LogP contribution in [0.15, 0.2) is 47.2 Å². The quantitative estimate of drug-likeness (QED) is 0.693. The molecule has 0 bridgehead atoms. The zero-order valence-electron chi connectivity index (χ0n) is 16.0. The molecule has 7 heteroatoms. The topological polar surface area (TPSA) is 81.4 Å². The number of morpholine rings is 1. The van der Waals surface area contributed by atoms with Gasteiger partial charge < -0.3 is 14.2 Å². The van der Waals surface area contributed by atoms with Crippen LogP contribution in [0.3, 0.4) is 0 Å². The number of aryl methyl sites for hydroxylation is 2. The lowest BCUT2D eigenvalue weighted by molar-refractivity contribution is -0.0246. The standard InChI is InChI=1S/C21H22N4O3/c1-3-18-20(14(2)24-28-18)17-6-4-5-16(23-17)19-13-25(11-12-27-19)21(26)15-7-9-22-10-8-15/h4-10,19H,3,11-13H2,1-2H3/t19-/m1/s1. The van der Waals surface area contributed by atoms with Gasteiger partial charge in [0.2, 0.25) is 0 Å². The molecule has 0 radical (unpaired) electrons. The van der Waals surface area contributed by atoms with Crippen LogP contribution in [0.1, 0.15) is 40.5 Å². The maximum Gasteiger partial charge on any atom is 0.254 e. The van der Waals surface area contributed by atoms with Crippen LogP contribution in [-0.2, 0) is 11.2 Å². The number of amides is 1. The third kappa shape index (κ3) is 3.53. The molecule has 1 atom stereocenters. The van der Waals surface area contributed by atoms with Crippen molar-refractivity contribution in [2.45, 2.75) is 26.4 Å². The van der Waals surface area contributed by atoms with Crippen molar-refractivity contribution in [3.8, 4) is 11.3 Å². The fourth-order valence-corrected chi connectivity index (χ4v) is 3.45. The molecule has 28 heavy (non-hydrogen) atoms. The van der Waals surface area contributed by atoms with Gasteiger partial charge in [-0.1, -0.05) is 18.1 Å². The second-order valence-corrected chi connectivity index (χ2v) is 6.71. The first kappa shape index (κ1) is 18.3. The van der Waals surface area contributed by atoms with E-state index in [0.29, 0.717) is 25.3 Å². The Balaban J connectivity index is 1.58. The fraction of sp³-hybridized carbons (Fsp3) is 0.333. The van der Waals surface area contributed by atoms with Gasteiger partial charge in [0.1, 0.15) is 11.9 Å². The number of nitrogens with zero attached hydrogens (tertiary/aromatic N) is 4. The van der Waals surface area contributed by atoms with Crippen LogP contribution in [0.2, 0.25) is 0 Å². The van der Waals surface area contributed by atoms with Gasteiger partial charge in [-0.05, 0) is 31.2 Å². The molecule has 4 rings (SSSR count). The lowest BCUT2D eigenvalue weighted by Gasteiger charge is -2.32. The fourth-order valence-electron chi connectivity index (χ4n) is 3.45. The van der Waals surface area contributed by atoms with Gasteiger partial charge in [0, 0.05) is 30.9 Å². The highest BCUT2D eigenvalue weighted by Crippen LogP contribution is 2.29. The summed E-state index contributed by atoms with van der Waals surface area (Å²) in [7, 11) is 0. The Hall–Kier alpha value is -3.06. The van der Waals surface area contributed by atoms with Crippen LogP contribution in [-0.4, -0.2) is 45.6 Å². The Morgan fingerprint density at radius 1 is 1.25 bits per heavy atom. The highest BCUT2D eigenvalue weighted by molar-refractivity contribution is 5.94. The van der Waals surface area contributed by atoms with Crippen molar-refractivity contribution in [3.05, 3.63) is 65.4 Å². The number of rotatable bonds is 4. The number of carbonyl (C=O) groups excluding carboxylic acids is 1. The van der Waals surface area contributed by atoms with Crippen molar-refractivity contribution >= 4 is 5.91 Å². The van der Waals surface area contributed by atoms with Crippen molar-refractivity contribution in [1.29, 1.82) is 0 Å². The molecule has 0 unspecified atom stereocenters. The van der Waals surface area contributed by atoms with E-state index in [2.05, 4.69) is 10.1 Å². The predicted octanol–water partition coefficient (Wildman–Crippen LogP) is 3.22. The highest BCUT2D eigenvalue weighted by atomic mass is 16.5. The van der Waals surface area contributed by atoms with Crippen LogP contribution in [0.4, 0.5) is 0 Å². The van der Waals surface area contributed by atoms with Gasteiger partial charge in [-0.15, -0.1) is 0 Å². The van der Waals surface area contributed by atoms with E-state index in [0.717, 1.165) is 34.8 Å². The van der Waals surface area contributed by atoms with Crippen molar-refractivity contribution in [2.75, 3.05) is 19.7 Å². The van der Waals surface area contributed by atoms with Crippen LogP contribution in [0.25, 0.3) is 11.3 Å². The lowest BCUT2D eigenvalue weighted by Crippen LogP contribution is -2.42. The molecule has 1 amide bonds. The largest absolute Gasteiger partial charge is 0.368 e. The smallest absolute Gasteiger partial charge is 0.254 e. The molecule has 0 spiro atoms. The van der Waals surface area contributed by atoms with Crippen LogP contribution >= 0.6 is 0 Å². The zero-order chi connectivity index (χ0) is 19.5. The summed E-state index contributed by atoms with van der Waals surface area (Å²) in [6, 6.07) is 9.30. The van der Waals surface area contributed by atoms with Crippen molar-refractivity contribution < 1.29 is 14.1 Å². The number of hydrogen-bond acceptors (Lipinski definition) is 6. The molecular formula is C21H22N4O3. The van der Waals surface area contributed by atoms with Gasteiger partial charge in [-0.2, -0.15) is 0 Å². The molecule has 1 saturated heterocycles. The van der Waals surface area contributed by atoms with Gasteiger partial charge in [0.15, 0.2) is 0 Å². The van der Waals surface area contributed by atoms with Crippen LogP contribution in [0, 0.1) is 6.92 Å². The molecule has 1 aliphatic rings. The number of carbonyl (C=O) groups is 1. The van der Waals surface area contributed by atoms with Crippen molar-refractivity contribution in [1.82, 2.24) is 20.0 Å². The zero-order valence-corrected chi connectivity index (χ0v) is 16.0. The van der Waals surface area contributed by atoms with Crippen molar-refractivity contribution in [2.24, 2.45) is 0 Å². The normalized spacial score (nSPS) is 16.9. The van der Waals surface area contributed by atoms with E-state index in [1.807, 2.05) is 32.0 Å². The minimum atomic E-state index is -0.273. The Kier molecular flexibility index (Phi) is 5.16. The highest BCUT2D eigenvalue weighted by Gasteiger charge is 2.27. The molecule has 0 N–H and O–H groups in total. The molecular weight excluding hydrogens is 356 g/mol. The molecule has 0 aromatic carbocycles. The first-order valence-electron chi connectivity index (χ1n) is 9.40. The first-order chi connectivity index (χ1) is 13.7.